The summed E-state index contributed by atoms with van der Waals surface area (Å²) in [6.45, 7) is 1.84. The maximum atomic E-state index is 12.8. The largest absolute Gasteiger partial charge is 0.353 e. The number of amides is 2. The molecule has 9 nitrogen and oxygen atoms in total. The number of ether oxygens (including phenoxy) is 2. The number of rotatable bonds is 7. The molecule has 1 fully saturated rings. The van der Waals surface area contributed by atoms with Crippen molar-refractivity contribution in [3.05, 3.63) is 57.5 Å². The highest BCUT2D eigenvalue weighted by Crippen LogP contribution is 2.37. The van der Waals surface area contributed by atoms with Crippen LogP contribution < -0.4 is 5.32 Å². The predicted octanol–water partition coefficient (Wildman–Crippen LogP) is 4.42. The Labute approximate surface area is 183 Å². The number of imide groups is 1. The molecule has 1 atom stereocenters. The average molecular weight is 433 g/mol. The second-order valence-corrected chi connectivity index (χ2v) is 8.05. The Hall–Kier alpha value is -3.39. The fourth-order valence-corrected chi connectivity index (χ4v) is 4.70. The zero-order chi connectivity index (χ0) is 22.1. The minimum atomic E-state index is -0.393. The van der Waals surface area contributed by atoms with Crippen LogP contribution in [0.15, 0.2) is 35.4 Å². The summed E-state index contributed by atoms with van der Waals surface area (Å²) in [5.41, 5.74) is 11.9. The second kappa shape index (κ2) is 8.63. The molecule has 2 aromatic carbocycles. The molecule has 9 heteroatoms. The van der Waals surface area contributed by atoms with E-state index in [0.29, 0.717) is 42.8 Å². The summed E-state index contributed by atoms with van der Waals surface area (Å²) in [6.07, 6.45) is 3.23. The molecule has 2 aliphatic rings. The number of aromatic nitrogens is 1. The van der Waals surface area contributed by atoms with E-state index in [4.69, 9.17) is 15.0 Å². The third kappa shape index (κ3) is 3.50. The van der Waals surface area contributed by atoms with Gasteiger partial charge in [0.25, 0.3) is 11.8 Å². The molecular weight excluding hydrogens is 410 g/mol. The molecule has 0 aliphatic carbocycles. The van der Waals surface area contributed by atoms with Gasteiger partial charge in [-0.15, -0.1) is 0 Å². The quantitative estimate of drug-likeness (QED) is 0.195. The van der Waals surface area contributed by atoms with Gasteiger partial charge >= 0.3 is 0 Å². The molecule has 32 heavy (non-hydrogen) atoms. The maximum Gasteiger partial charge on any atom is 0.259 e. The Kier molecular flexibility index (Phi) is 5.53. The molecule has 0 saturated carbocycles. The van der Waals surface area contributed by atoms with E-state index in [1.807, 2.05) is 30.3 Å². The van der Waals surface area contributed by atoms with Gasteiger partial charge in [-0.25, -0.2) is 0 Å². The van der Waals surface area contributed by atoms with Crippen molar-refractivity contribution in [2.75, 3.05) is 13.2 Å². The van der Waals surface area contributed by atoms with Crippen LogP contribution in [-0.2, 0) is 22.6 Å². The van der Waals surface area contributed by atoms with Gasteiger partial charge in [0, 0.05) is 40.9 Å². The predicted molar refractivity (Wildman–Crippen MR) is 118 cm³/mol. The minimum absolute atomic E-state index is 0.184. The van der Waals surface area contributed by atoms with Crippen LogP contribution in [0.4, 0.5) is 0 Å². The number of nitrogens with zero attached hydrogens (tertiary/aromatic N) is 4. The third-order valence-electron chi connectivity index (χ3n) is 6.09. The Morgan fingerprint density at radius 2 is 2.03 bits per heavy atom. The number of azide groups is 1. The first-order chi connectivity index (χ1) is 15.7. The van der Waals surface area contributed by atoms with E-state index in [0.717, 1.165) is 41.1 Å². The van der Waals surface area contributed by atoms with E-state index < -0.39 is 5.91 Å². The van der Waals surface area contributed by atoms with Gasteiger partial charge in [-0.1, -0.05) is 23.3 Å². The Balaban J connectivity index is 1.64. The van der Waals surface area contributed by atoms with Gasteiger partial charge in [0.05, 0.1) is 23.3 Å². The molecule has 0 bridgehead atoms. The lowest BCUT2D eigenvalue weighted by Gasteiger charge is -2.23. The van der Waals surface area contributed by atoms with Crippen LogP contribution in [0.1, 0.15) is 52.0 Å². The van der Waals surface area contributed by atoms with Crippen molar-refractivity contribution in [3.63, 3.8) is 0 Å². The van der Waals surface area contributed by atoms with E-state index in [1.165, 1.54) is 0 Å². The van der Waals surface area contributed by atoms with Gasteiger partial charge in [-0.05, 0) is 48.9 Å². The molecule has 1 aromatic heterocycles. The van der Waals surface area contributed by atoms with Crippen molar-refractivity contribution < 1.29 is 19.1 Å². The molecule has 3 aromatic rings. The summed E-state index contributed by atoms with van der Waals surface area (Å²) < 4.78 is 13.8. The molecule has 164 valence electrons. The Morgan fingerprint density at radius 1 is 1.19 bits per heavy atom. The van der Waals surface area contributed by atoms with Gasteiger partial charge in [0.1, 0.15) is 0 Å². The molecule has 0 spiro atoms. The zero-order valence-corrected chi connectivity index (χ0v) is 17.5. The molecule has 2 amide bonds. The summed E-state index contributed by atoms with van der Waals surface area (Å²) in [6, 6.07) is 9.77. The topological polar surface area (TPSA) is 118 Å². The van der Waals surface area contributed by atoms with E-state index in [9.17, 15) is 9.59 Å². The number of carbonyl (C=O) groups excluding carboxylic acids is 2. The number of hydrogen-bond acceptors (Lipinski definition) is 5. The van der Waals surface area contributed by atoms with Crippen molar-refractivity contribution in [2.24, 2.45) is 5.11 Å². The Bertz CT molecular complexity index is 1270. The van der Waals surface area contributed by atoms with Gasteiger partial charge in [-0.3, -0.25) is 14.9 Å². The molecule has 1 unspecified atom stereocenters. The lowest BCUT2D eigenvalue weighted by Crippen LogP contribution is -2.23. The van der Waals surface area contributed by atoms with Gasteiger partial charge < -0.3 is 14.0 Å². The van der Waals surface area contributed by atoms with E-state index in [2.05, 4.69) is 19.9 Å². The fraction of sp³-hybridized carbons (Fsp3) is 0.391. The molecule has 0 radical (unpaired) electrons. The van der Waals surface area contributed by atoms with Crippen molar-refractivity contribution >= 4 is 33.6 Å². The summed E-state index contributed by atoms with van der Waals surface area (Å²) in [5.74, 6) is -0.780. The van der Waals surface area contributed by atoms with Crippen molar-refractivity contribution in [1.82, 2.24) is 9.88 Å². The number of fused-ring (bicyclic) bond motifs is 5. The van der Waals surface area contributed by atoms with E-state index in [-0.39, 0.29) is 18.8 Å². The van der Waals surface area contributed by atoms with Crippen LogP contribution in [0, 0.1) is 0 Å². The van der Waals surface area contributed by atoms with Crippen LogP contribution in [0.25, 0.3) is 32.2 Å². The first-order valence-corrected chi connectivity index (χ1v) is 10.9. The summed E-state index contributed by atoms with van der Waals surface area (Å²) in [5, 5.41) is 7.77. The van der Waals surface area contributed by atoms with Crippen LogP contribution in [0.2, 0.25) is 0 Å². The highest BCUT2D eigenvalue weighted by Gasteiger charge is 2.34. The highest BCUT2D eigenvalue weighted by molar-refractivity contribution is 6.30. The van der Waals surface area contributed by atoms with Crippen LogP contribution in [0.3, 0.4) is 0 Å². The average Bonchev–Trinajstić information content (AvgIpc) is 3.29. The lowest BCUT2D eigenvalue weighted by molar-refractivity contribution is -0.168. The van der Waals surface area contributed by atoms with Crippen LogP contribution in [-0.4, -0.2) is 35.8 Å². The third-order valence-corrected chi connectivity index (χ3v) is 6.09. The smallest absolute Gasteiger partial charge is 0.259 e. The SMILES string of the molecule is [N-]=[N+]=NCCCn1c2ccccc2c2c3c(c(COC4CCCCO4)cc21)C(=O)NC3=O. The van der Waals surface area contributed by atoms with Crippen LogP contribution in [0.5, 0.6) is 0 Å². The summed E-state index contributed by atoms with van der Waals surface area (Å²) in [4.78, 5) is 28.4. The van der Waals surface area contributed by atoms with Crippen molar-refractivity contribution in [2.45, 2.75) is 45.1 Å². The maximum absolute atomic E-state index is 12.8. The summed E-state index contributed by atoms with van der Waals surface area (Å²) in [7, 11) is 0. The molecule has 1 N–H and O–H groups in total. The standard InChI is InChI=1S/C23H23N5O4/c24-27-25-9-5-10-28-16-7-2-1-6-15(16)20-17(28)12-14(13-32-18-8-3-4-11-31-18)19-21(20)23(30)26-22(19)29/h1-2,6-7,12,18H,3-5,8-11,13H2,(H,26,29,30). The monoisotopic (exact) mass is 433 g/mol. The number of para-hydroxylation sites is 1. The first-order valence-electron chi connectivity index (χ1n) is 10.9. The molecular formula is C23H23N5O4. The zero-order valence-electron chi connectivity index (χ0n) is 17.5. The fourth-order valence-electron chi connectivity index (χ4n) is 4.70. The molecule has 5 rings (SSSR count). The minimum Gasteiger partial charge on any atom is -0.353 e. The number of nitrogens with one attached hydrogen (secondary N) is 1. The molecule has 2 aliphatic heterocycles. The summed E-state index contributed by atoms with van der Waals surface area (Å²) >= 11 is 0. The van der Waals surface area contributed by atoms with Crippen LogP contribution >= 0.6 is 0 Å². The van der Waals surface area contributed by atoms with Crippen molar-refractivity contribution in [3.8, 4) is 0 Å². The molecule has 3 heterocycles. The van der Waals surface area contributed by atoms with Crippen molar-refractivity contribution in [1.29, 1.82) is 0 Å². The first kappa shape index (κ1) is 20.5. The Morgan fingerprint density at radius 3 is 2.84 bits per heavy atom. The van der Waals surface area contributed by atoms with Gasteiger partial charge in [-0.2, -0.15) is 0 Å². The number of hydrogen-bond donors (Lipinski definition) is 1. The number of carbonyl (C=O) groups is 2. The number of benzene rings is 2. The normalized spacial score (nSPS) is 18.1. The lowest BCUT2D eigenvalue weighted by atomic mass is 9.97. The second-order valence-electron chi connectivity index (χ2n) is 8.05. The number of aryl methyl sites for hydroxylation is 1. The van der Waals surface area contributed by atoms with Gasteiger partial charge in [0.2, 0.25) is 0 Å². The van der Waals surface area contributed by atoms with Gasteiger partial charge in [0.15, 0.2) is 6.29 Å². The molecule has 1 saturated heterocycles. The highest BCUT2D eigenvalue weighted by atomic mass is 16.7. The van der Waals surface area contributed by atoms with E-state index in [1.54, 1.807) is 0 Å². The van der Waals surface area contributed by atoms with E-state index >= 15 is 0 Å².